The van der Waals surface area contributed by atoms with Gasteiger partial charge in [0.2, 0.25) is 12.6 Å². The number of nitrogens with zero attached hydrogens (tertiary/aromatic N) is 3. The largest absolute Gasteiger partial charge is 0.459 e. The predicted molar refractivity (Wildman–Crippen MR) is 280 cm³/mol. The van der Waals surface area contributed by atoms with Crippen molar-refractivity contribution in [1.29, 1.82) is 0 Å². The van der Waals surface area contributed by atoms with Crippen molar-refractivity contribution in [3.05, 3.63) is 106 Å². The van der Waals surface area contributed by atoms with Crippen LogP contribution >= 0.6 is 0 Å². The molecule has 2 aliphatic carbocycles. The quantitative estimate of drug-likeness (QED) is 0.0291. The lowest BCUT2D eigenvalue weighted by molar-refractivity contribution is -0.384. The van der Waals surface area contributed by atoms with Gasteiger partial charge in [-0.05, 0) is 112 Å². The number of aliphatic hydroxyl groups is 2. The number of hydrogen-bond donors (Lipinski definition) is 2. The normalized spacial score (nSPS) is 22.1. The fourth-order valence-corrected chi connectivity index (χ4v) is 11.1. The fraction of sp³-hybridized carbons (Fsp3) is 0.586. The maximum atomic E-state index is 15.2. The summed E-state index contributed by atoms with van der Waals surface area (Å²) >= 11 is 0. The highest BCUT2D eigenvalue weighted by atomic mass is 16.7. The van der Waals surface area contributed by atoms with Crippen LogP contribution in [0.25, 0.3) is 0 Å². The molecule has 0 saturated heterocycles. The average Bonchev–Trinajstić information content (AvgIpc) is 3.85. The first-order valence-electron chi connectivity index (χ1n) is 26.9. The highest BCUT2D eigenvalue weighted by molar-refractivity contribution is 6.03. The molecule has 398 valence electrons. The molecule has 15 heteroatoms. The van der Waals surface area contributed by atoms with E-state index in [1.807, 2.05) is 51.1 Å². The second kappa shape index (κ2) is 26.5. The molecule has 2 N–H and O–H groups in total. The molecule has 0 unspecified atom stereocenters. The molecule has 0 aromatic heterocycles. The Labute approximate surface area is 432 Å². The van der Waals surface area contributed by atoms with Crippen molar-refractivity contribution in [3.8, 4) is 28.7 Å². The van der Waals surface area contributed by atoms with Gasteiger partial charge in [0.1, 0.15) is 28.9 Å². The number of allylic oxidation sites excluding steroid dienone is 1. The number of aliphatic hydroxyl groups excluding tert-OH is 2. The number of hydrogen-bond acceptors (Lipinski definition) is 13. The Morgan fingerprint density at radius 2 is 1.58 bits per heavy atom. The molecule has 2 heterocycles. The Balaban J connectivity index is 1.35. The molecule has 6 atom stereocenters. The zero-order valence-electron chi connectivity index (χ0n) is 43.6. The lowest BCUT2D eigenvalue weighted by Gasteiger charge is -2.60. The van der Waals surface area contributed by atoms with Gasteiger partial charge in [-0.15, -0.1) is 6.58 Å². The van der Waals surface area contributed by atoms with E-state index in [9.17, 15) is 20.3 Å². The summed E-state index contributed by atoms with van der Waals surface area (Å²) < 4.78 is 38.9. The third-order valence-electron chi connectivity index (χ3n) is 14.5. The lowest BCUT2D eigenvalue weighted by Crippen LogP contribution is -2.70. The highest BCUT2D eigenvalue weighted by Crippen LogP contribution is 2.62. The first kappa shape index (κ1) is 55.1. The summed E-state index contributed by atoms with van der Waals surface area (Å²) in [6.45, 7) is 12.8. The molecule has 15 nitrogen and oxygen atoms in total. The molecule has 0 spiro atoms. The Morgan fingerprint density at radius 1 is 0.877 bits per heavy atom. The number of nitro benzene ring substituents is 1. The minimum absolute atomic E-state index is 0.00181. The van der Waals surface area contributed by atoms with Crippen LogP contribution < -0.4 is 18.9 Å². The number of ether oxygens (including phenoxy) is 6. The Hall–Kier alpha value is -5.64. The van der Waals surface area contributed by atoms with Crippen LogP contribution in [0.2, 0.25) is 0 Å². The molecule has 3 aromatic carbocycles. The predicted octanol–water partition coefficient (Wildman–Crippen LogP) is 13.1. The summed E-state index contributed by atoms with van der Waals surface area (Å²) in [5.74, 6) is -0.000193. The van der Waals surface area contributed by atoms with Gasteiger partial charge in [-0.3, -0.25) is 15.0 Å². The lowest BCUT2D eigenvalue weighted by atomic mass is 9.55. The second-order valence-corrected chi connectivity index (χ2v) is 20.9. The van der Waals surface area contributed by atoms with Crippen LogP contribution in [-0.2, 0) is 20.9 Å². The standard InChI is InChI=1S/C58H79N3O12/c1-6-8-9-10-11-12-13-14-15-20-33-67-56(64)60(39-41-26-28-51-52(34-41)69-40-68-51)53-38-49(59-73-57(3,4)5)47-35-42(22-16-18-30-62)46(25-17-19-31-63)54-48-37-45(71-44-24-21-23-43(36-44)61(65)66)27-29-50(48)72-58(53,55(47)54)70-32-7-2/h7,21,23-24,26-29,34-37,42,46,53-55,62-63H,2,6,8-20,22,25,30-33,38-40H2,1,3-5H3/t42-,46+,53-,54+,55+,58+/m0/s1. The molecule has 73 heavy (non-hydrogen) atoms. The van der Waals surface area contributed by atoms with Gasteiger partial charge >= 0.3 is 6.09 Å². The van der Waals surface area contributed by atoms with Crippen molar-refractivity contribution >= 4 is 17.5 Å². The van der Waals surface area contributed by atoms with E-state index in [-0.39, 0.29) is 69.6 Å². The van der Waals surface area contributed by atoms with Gasteiger partial charge in [0.25, 0.3) is 5.69 Å². The van der Waals surface area contributed by atoms with Crippen molar-refractivity contribution < 1.29 is 53.2 Å². The van der Waals surface area contributed by atoms with Crippen LogP contribution in [0, 0.1) is 27.9 Å². The minimum Gasteiger partial charge on any atom is -0.459 e. The maximum absolute atomic E-state index is 15.2. The molecule has 1 fully saturated rings. The third kappa shape index (κ3) is 14.2. The molecular formula is C58H79N3O12. The van der Waals surface area contributed by atoms with E-state index in [2.05, 4.69) is 19.6 Å². The number of rotatable bonds is 29. The van der Waals surface area contributed by atoms with Crippen LogP contribution in [0.15, 0.2) is 90.1 Å². The topological polar surface area (TPSA) is 181 Å². The van der Waals surface area contributed by atoms with Crippen molar-refractivity contribution in [2.45, 2.75) is 167 Å². The second-order valence-electron chi connectivity index (χ2n) is 20.9. The molecule has 7 rings (SSSR count). The van der Waals surface area contributed by atoms with E-state index >= 15 is 4.79 Å². The van der Waals surface area contributed by atoms with E-state index in [4.69, 9.17) is 38.4 Å². The zero-order chi connectivity index (χ0) is 51.8. The number of oxime groups is 1. The van der Waals surface area contributed by atoms with Crippen molar-refractivity contribution in [2.24, 2.45) is 22.9 Å². The summed E-state index contributed by atoms with van der Waals surface area (Å²) in [6.07, 6.45) is 19.4. The van der Waals surface area contributed by atoms with E-state index in [1.165, 1.54) is 50.7 Å². The van der Waals surface area contributed by atoms with Crippen molar-refractivity contribution in [2.75, 3.05) is 33.2 Å². The number of unbranched alkanes of at least 4 members (excludes halogenated alkanes) is 11. The van der Waals surface area contributed by atoms with Crippen LogP contribution in [0.5, 0.6) is 28.7 Å². The molecule has 0 radical (unpaired) electrons. The SMILES string of the molecule is C=CCO[C@@]12Oc3ccc(Oc4cccc([N+](=O)[O-])c4)cc3[C@H]3[C@H](CCCCO)[C@@H](CCCCO)C=C(C(=NOC(C)(C)C)C[C@@H]1N(Cc1ccc4c(c1)OCO4)C(=O)OCCCCCCCCCCCC)[C@H]32. The van der Waals surface area contributed by atoms with Gasteiger partial charge < -0.3 is 43.5 Å². The fourth-order valence-electron chi connectivity index (χ4n) is 11.1. The Bertz CT molecular complexity index is 2360. The van der Waals surface area contributed by atoms with Crippen molar-refractivity contribution in [3.63, 3.8) is 0 Å². The third-order valence-corrected chi connectivity index (χ3v) is 14.5. The maximum Gasteiger partial charge on any atom is 0.410 e. The molecular weight excluding hydrogens is 931 g/mol. The zero-order valence-corrected chi connectivity index (χ0v) is 43.6. The summed E-state index contributed by atoms with van der Waals surface area (Å²) in [7, 11) is 0. The number of non-ortho nitro benzene ring substituents is 1. The van der Waals surface area contributed by atoms with E-state index < -0.39 is 34.4 Å². The molecule has 4 aliphatic rings. The monoisotopic (exact) mass is 1010 g/mol. The van der Waals surface area contributed by atoms with Gasteiger partial charge in [-0.2, -0.15) is 0 Å². The van der Waals surface area contributed by atoms with Gasteiger partial charge in [0, 0.05) is 43.7 Å². The summed E-state index contributed by atoms with van der Waals surface area (Å²) in [5, 5.41) is 36.9. The molecule has 1 saturated carbocycles. The van der Waals surface area contributed by atoms with E-state index in [0.29, 0.717) is 47.3 Å². The number of carbonyl (C=O) groups excluding carboxylic acids is 1. The number of nitro groups is 1. The van der Waals surface area contributed by atoms with Gasteiger partial charge in [-0.25, -0.2) is 4.79 Å². The number of carbonyl (C=O) groups is 1. The Morgan fingerprint density at radius 3 is 2.29 bits per heavy atom. The smallest absolute Gasteiger partial charge is 0.410 e. The first-order chi connectivity index (χ1) is 35.4. The van der Waals surface area contributed by atoms with Crippen LogP contribution in [0.4, 0.5) is 10.5 Å². The highest BCUT2D eigenvalue weighted by Gasteiger charge is 2.66. The molecule has 0 bridgehead atoms. The molecule has 1 amide bonds. The van der Waals surface area contributed by atoms with Crippen LogP contribution in [0.3, 0.4) is 0 Å². The number of amides is 1. The molecule has 2 aliphatic heterocycles. The first-order valence-corrected chi connectivity index (χ1v) is 26.9. The summed E-state index contributed by atoms with van der Waals surface area (Å²) in [6, 6.07) is 16.5. The van der Waals surface area contributed by atoms with Crippen molar-refractivity contribution in [1.82, 2.24) is 4.90 Å². The van der Waals surface area contributed by atoms with Crippen LogP contribution in [0.1, 0.15) is 154 Å². The van der Waals surface area contributed by atoms with Gasteiger partial charge in [-0.1, -0.05) is 107 Å². The minimum atomic E-state index is -1.54. The number of benzene rings is 3. The summed E-state index contributed by atoms with van der Waals surface area (Å²) in [5.41, 5.74) is 2.43. The number of fused-ring (bicyclic) bond motifs is 3. The van der Waals surface area contributed by atoms with Crippen LogP contribution in [-0.4, -0.2) is 82.5 Å². The average molecular weight is 1010 g/mol. The van der Waals surface area contributed by atoms with E-state index in [1.54, 1.807) is 29.2 Å². The Kier molecular flexibility index (Phi) is 20.0. The summed E-state index contributed by atoms with van der Waals surface area (Å²) in [4.78, 5) is 34.6. The molecule has 3 aromatic rings. The van der Waals surface area contributed by atoms with Gasteiger partial charge in [0.15, 0.2) is 11.5 Å². The van der Waals surface area contributed by atoms with E-state index in [0.717, 1.165) is 68.1 Å². The van der Waals surface area contributed by atoms with Gasteiger partial charge in [0.05, 0.1) is 35.8 Å².